The van der Waals surface area contributed by atoms with Crippen molar-refractivity contribution in [3.8, 4) is 0 Å². The minimum absolute atomic E-state index is 0.0386. The SMILES string of the molecule is CC(C)N1CCN(C(=O)Cn2cccn2)C[C@@H]1C(N)=O. The first-order valence-corrected chi connectivity index (χ1v) is 6.79. The zero-order chi connectivity index (χ0) is 14.7. The number of nitrogens with two attached hydrogens (primary N) is 1. The van der Waals surface area contributed by atoms with E-state index in [1.54, 1.807) is 28.0 Å². The summed E-state index contributed by atoms with van der Waals surface area (Å²) >= 11 is 0. The van der Waals surface area contributed by atoms with Crippen molar-refractivity contribution < 1.29 is 9.59 Å². The lowest BCUT2D eigenvalue weighted by Crippen LogP contribution is -2.61. The number of amides is 2. The van der Waals surface area contributed by atoms with E-state index in [1.807, 2.05) is 18.7 Å². The van der Waals surface area contributed by atoms with Gasteiger partial charge >= 0.3 is 0 Å². The molecule has 0 aliphatic carbocycles. The quantitative estimate of drug-likeness (QED) is 0.789. The van der Waals surface area contributed by atoms with Crippen LogP contribution in [0.15, 0.2) is 18.5 Å². The van der Waals surface area contributed by atoms with Crippen molar-refractivity contribution >= 4 is 11.8 Å². The van der Waals surface area contributed by atoms with E-state index in [0.29, 0.717) is 19.6 Å². The van der Waals surface area contributed by atoms with Gasteiger partial charge in [0, 0.05) is 38.1 Å². The number of hydrogen-bond acceptors (Lipinski definition) is 4. The van der Waals surface area contributed by atoms with E-state index in [-0.39, 0.29) is 24.4 Å². The van der Waals surface area contributed by atoms with E-state index in [2.05, 4.69) is 5.10 Å². The summed E-state index contributed by atoms with van der Waals surface area (Å²) < 4.78 is 1.58. The van der Waals surface area contributed by atoms with Crippen molar-refractivity contribution in [1.29, 1.82) is 0 Å². The number of carbonyl (C=O) groups excluding carboxylic acids is 2. The molecule has 7 nitrogen and oxygen atoms in total. The molecular formula is C13H21N5O2. The Bertz CT molecular complexity index is 471. The van der Waals surface area contributed by atoms with Crippen molar-refractivity contribution in [3.63, 3.8) is 0 Å². The molecule has 2 heterocycles. The van der Waals surface area contributed by atoms with Gasteiger partial charge in [-0.3, -0.25) is 19.2 Å². The van der Waals surface area contributed by atoms with E-state index in [9.17, 15) is 9.59 Å². The van der Waals surface area contributed by atoms with Gasteiger partial charge in [0.05, 0.1) is 0 Å². The predicted octanol–water partition coefficient (Wildman–Crippen LogP) is -0.710. The lowest BCUT2D eigenvalue weighted by atomic mass is 10.1. The van der Waals surface area contributed by atoms with Crippen LogP contribution in [0.3, 0.4) is 0 Å². The van der Waals surface area contributed by atoms with Gasteiger partial charge in [0.1, 0.15) is 12.6 Å². The molecule has 2 amide bonds. The van der Waals surface area contributed by atoms with Crippen molar-refractivity contribution in [1.82, 2.24) is 19.6 Å². The smallest absolute Gasteiger partial charge is 0.244 e. The molecule has 110 valence electrons. The molecule has 0 aromatic carbocycles. The lowest BCUT2D eigenvalue weighted by molar-refractivity contribution is -0.138. The number of hydrogen-bond donors (Lipinski definition) is 1. The summed E-state index contributed by atoms with van der Waals surface area (Å²) in [4.78, 5) is 27.5. The molecule has 1 saturated heterocycles. The number of rotatable bonds is 4. The average Bonchev–Trinajstić information content (AvgIpc) is 2.90. The second-order valence-electron chi connectivity index (χ2n) is 5.29. The zero-order valence-corrected chi connectivity index (χ0v) is 11.9. The summed E-state index contributed by atoms with van der Waals surface area (Å²) in [5, 5.41) is 4.02. The standard InChI is InChI=1S/C13H21N5O2/c1-10(2)18-7-6-16(8-11(18)13(14)20)12(19)9-17-5-3-4-15-17/h3-5,10-11H,6-9H2,1-2H3,(H2,14,20)/t11-/m1/s1. The number of piperazine rings is 1. The first-order chi connectivity index (χ1) is 9.49. The molecule has 0 saturated carbocycles. The van der Waals surface area contributed by atoms with Crippen LogP contribution in [0, 0.1) is 0 Å². The van der Waals surface area contributed by atoms with Gasteiger partial charge in [-0.25, -0.2) is 0 Å². The first kappa shape index (κ1) is 14.5. The third kappa shape index (κ3) is 3.16. The Balaban J connectivity index is 2.01. The highest BCUT2D eigenvalue weighted by Crippen LogP contribution is 2.13. The molecule has 2 rings (SSSR count). The van der Waals surface area contributed by atoms with Gasteiger partial charge in [-0.05, 0) is 19.9 Å². The maximum atomic E-state index is 12.2. The van der Waals surface area contributed by atoms with Crippen LogP contribution >= 0.6 is 0 Å². The number of carbonyl (C=O) groups is 2. The summed E-state index contributed by atoms with van der Waals surface area (Å²) in [6, 6.07) is 1.59. The fraction of sp³-hybridized carbons (Fsp3) is 0.615. The van der Waals surface area contributed by atoms with Crippen LogP contribution in [0.4, 0.5) is 0 Å². The van der Waals surface area contributed by atoms with Crippen LogP contribution in [0.25, 0.3) is 0 Å². The summed E-state index contributed by atoms with van der Waals surface area (Å²) in [5.74, 6) is -0.418. The summed E-state index contributed by atoms with van der Waals surface area (Å²) in [7, 11) is 0. The molecule has 1 aliphatic rings. The third-order valence-corrected chi connectivity index (χ3v) is 3.62. The van der Waals surface area contributed by atoms with E-state index in [4.69, 9.17) is 5.73 Å². The topological polar surface area (TPSA) is 84.5 Å². The molecule has 1 fully saturated rings. The number of nitrogens with zero attached hydrogens (tertiary/aromatic N) is 4. The van der Waals surface area contributed by atoms with E-state index in [1.165, 1.54) is 0 Å². The number of aromatic nitrogens is 2. The second-order valence-corrected chi connectivity index (χ2v) is 5.29. The van der Waals surface area contributed by atoms with Gasteiger partial charge in [0.25, 0.3) is 0 Å². The van der Waals surface area contributed by atoms with Crippen molar-refractivity contribution in [2.75, 3.05) is 19.6 Å². The van der Waals surface area contributed by atoms with Crippen LogP contribution in [-0.4, -0.2) is 63.1 Å². The molecule has 1 atom stereocenters. The average molecular weight is 279 g/mol. The second kappa shape index (κ2) is 6.04. The largest absolute Gasteiger partial charge is 0.368 e. The Morgan fingerprint density at radius 3 is 2.70 bits per heavy atom. The van der Waals surface area contributed by atoms with Crippen LogP contribution in [0.2, 0.25) is 0 Å². The number of primary amides is 1. The highest BCUT2D eigenvalue weighted by Gasteiger charge is 2.34. The molecule has 0 spiro atoms. The van der Waals surface area contributed by atoms with E-state index < -0.39 is 6.04 Å². The predicted molar refractivity (Wildman–Crippen MR) is 73.6 cm³/mol. The van der Waals surface area contributed by atoms with Gasteiger partial charge in [-0.15, -0.1) is 0 Å². The Kier molecular flexibility index (Phi) is 4.39. The van der Waals surface area contributed by atoms with Crippen LogP contribution in [0.1, 0.15) is 13.8 Å². The molecule has 2 N–H and O–H groups in total. The molecular weight excluding hydrogens is 258 g/mol. The highest BCUT2D eigenvalue weighted by molar-refractivity contribution is 5.82. The summed E-state index contributed by atoms with van der Waals surface area (Å²) in [6.07, 6.45) is 3.38. The van der Waals surface area contributed by atoms with Crippen molar-refractivity contribution in [2.24, 2.45) is 5.73 Å². The van der Waals surface area contributed by atoms with Crippen LogP contribution < -0.4 is 5.73 Å². The zero-order valence-electron chi connectivity index (χ0n) is 11.9. The van der Waals surface area contributed by atoms with Gasteiger partial charge in [-0.2, -0.15) is 5.10 Å². The van der Waals surface area contributed by atoms with Gasteiger partial charge in [-0.1, -0.05) is 0 Å². The maximum Gasteiger partial charge on any atom is 0.244 e. The third-order valence-electron chi connectivity index (χ3n) is 3.62. The monoisotopic (exact) mass is 279 g/mol. The molecule has 0 bridgehead atoms. The molecule has 7 heteroatoms. The maximum absolute atomic E-state index is 12.2. The highest BCUT2D eigenvalue weighted by atomic mass is 16.2. The first-order valence-electron chi connectivity index (χ1n) is 6.79. The molecule has 20 heavy (non-hydrogen) atoms. The van der Waals surface area contributed by atoms with Crippen molar-refractivity contribution in [2.45, 2.75) is 32.5 Å². The van der Waals surface area contributed by atoms with Gasteiger partial charge in [0.2, 0.25) is 11.8 Å². The molecule has 0 radical (unpaired) electrons. The Hall–Kier alpha value is -1.89. The van der Waals surface area contributed by atoms with Crippen molar-refractivity contribution in [3.05, 3.63) is 18.5 Å². The molecule has 0 unspecified atom stereocenters. The Labute approximate surface area is 118 Å². The molecule has 1 aromatic rings. The van der Waals surface area contributed by atoms with E-state index >= 15 is 0 Å². The Morgan fingerprint density at radius 1 is 1.40 bits per heavy atom. The minimum Gasteiger partial charge on any atom is -0.368 e. The molecule has 1 aromatic heterocycles. The van der Waals surface area contributed by atoms with Crippen LogP contribution in [-0.2, 0) is 16.1 Å². The minimum atomic E-state index is -0.412. The molecule has 1 aliphatic heterocycles. The Morgan fingerprint density at radius 2 is 2.15 bits per heavy atom. The van der Waals surface area contributed by atoms with Crippen LogP contribution in [0.5, 0.6) is 0 Å². The lowest BCUT2D eigenvalue weighted by Gasteiger charge is -2.42. The fourth-order valence-corrected chi connectivity index (χ4v) is 2.53. The van der Waals surface area contributed by atoms with Gasteiger partial charge < -0.3 is 10.6 Å². The fourth-order valence-electron chi connectivity index (χ4n) is 2.53. The van der Waals surface area contributed by atoms with E-state index in [0.717, 1.165) is 0 Å². The summed E-state index contributed by atoms with van der Waals surface area (Å²) in [6.45, 7) is 5.88. The van der Waals surface area contributed by atoms with Gasteiger partial charge in [0.15, 0.2) is 0 Å². The normalized spacial score (nSPS) is 20.4. The summed E-state index contributed by atoms with van der Waals surface area (Å²) in [5.41, 5.74) is 5.46.